The second-order valence-corrected chi connectivity index (χ2v) is 14.5. The summed E-state index contributed by atoms with van der Waals surface area (Å²) in [6, 6.07) is 0. The molecule has 0 spiro atoms. The summed E-state index contributed by atoms with van der Waals surface area (Å²) < 4.78 is 58.7. The van der Waals surface area contributed by atoms with Crippen LogP contribution in [0.25, 0.3) is 0 Å². The van der Waals surface area contributed by atoms with Crippen LogP contribution in [0.1, 0.15) is 142 Å². The Kier molecular flexibility index (Phi) is 29.4. The van der Waals surface area contributed by atoms with Gasteiger partial charge in [-0.25, -0.2) is 4.18 Å². The van der Waals surface area contributed by atoms with Crippen LogP contribution in [0.5, 0.6) is 0 Å². The minimum atomic E-state index is -5.06. The Labute approximate surface area is 313 Å². The van der Waals surface area contributed by atoms with Crippen LogP contribution in [0.2, 0.25) is 0 Å². The summed E-state index contributed by atoms with van der Waals surface area (Å²) in [5, 5.41) is 30.5. The predicted octanol–water partition coefficient (Wildman–Crippen LogP) is 7.07. The van der Waals surface area contributed by atoms with Gasteiger partial charge in [-0.3, -0.25) is 9.35 Å². The summed E-state index contributed by atoms with van der Waals surface area (Å²) in [5.41, 5.74) is 0. The molecule has 1 saturated heterocycles. The van der Waals surface area contributed by atoms with Gasteiger partial charge >= 0.3 is 16.4 Å². The van der Waals surface area contributed by atoms with E-state index >= 15 is 0 Å². The van der Waals surface area contributed by atoms with Crippen molar-refractivity contribution in [2.24, 2.45) is 0 Å². The number of hydrogen-bond acceptors (Lipinski definition) is 11. The van der Waals surface area contributed by atoms with E-state index in [2.05, 4.69) is 54.5 Å². The Morgan fingerprint density at radius 1 is 0.750 bits per heavy atom. The standard InChI is InChI=1S/C39H70O12S/c1-3-5-7-9-11-13-15-16-17-19-21-23-25-27-29-47-31-33(49-35(41)28-26-24-22-20-18-14-12-10-8-6-4-2)32-48-39-37(43)38(51-52(44,45)46)36(42)34(30-40)50-39/h5,7,11,13,16-17,33-34,36-40,42-43H,3-4,6,8-10,12,14-15,18-32H2,1-2H3,(H,44,45,46)/b7-5-,13-11-,17-16-. The Bertz CT molecular complexity index is 1060. The lowest BCUT2D eigenvalue weighted by Gasteiger charge is -2.41. The molecule has 12 nitrogen and oxygen atoms in total. The fourth-order valence-corrected chi connectivity index (χ4v) is 6.31. The molecule has 52 heavy (non-hydrogen) atoms. The fraction of sp³-hybridized carbons (Fsp3) is 0.821. The molecule has 13 heteroatoms. The molecule has 0 amide bonds. The Hall–Kier alpha value is -1.68. The van der Waals surface area contributed by atoms with Crippen molar-refractivity contribution in [1.29, 1.82) is 0 Å². The highest BCUT2D eigenvalue weighted by molar-refractivity contribution is 7.80. The van der Waals surface area contributed by atoms with Crippen LogP contribution in [-0.2, 0) is 38.3 Å². The van der Waals surface area contributed by atoms with E-state index in [1.165, 1.54) is 44.9 Å². The molecular formula is C39H70O12S. The SMILES string of the molecule is CC/C=C\C/C=C\C/C=C\CCCCCCOCC(COC1OC(CO)C(O)C(OS(=O)(=O)O)C1O)OC(=O)CCCCCCCCCCCCC. The first-order valence-corrected chi connectivity index (χ1v) is 21.1. The van der Waals surface area contributed by atoms with Gasteiger partial charge in [0.2, 0.25) is 0 Å². The molecule has 1 rings (SSSR count). The number of hydrogen-bond donors (Lipinski definition) is 4. The minimum absolute atomic E-state index is 0.0221. The average molecular weight is 763 g/mol. The third kappa shape index (κ3) is 25.4. The number of carbonyl (C=O) groups is 1. The number of esters is 1. The van der Waals surface area contributed by atoms with Crippen LogP contribution >= 0.6 is 0 Å². The van der Waals surface area contributed by atoms with Gasteiger partial charge in [0.25, 0.3) is 0 Å². The summed E-state index contributed by atoms with van der Waals surface area (Å²) in [7, 11) is -5.06. The number of carbonyl (C=O) groups excluding carboxylic acids is 1. The normalized spacial score (nSPS) is 21.8. The van der Waals surface area contributed by atoms with Gasteiger partial charge < -0.3 is 34.3 Å². The van der Waals surface area contributed by atoms with Crippen molar-refractivity contribution in [3.63, 3.8) is 0 Å². The Balaban J connectivity index is 2.52. The molecule has 0 aromatic carbocycles. The molecule has 0 bridgehead atoms. The van der Waals surface area contributed by atoms with Gasteiger partial charge in [0.15, 0.2) is 6.29 Å². The monoisotopic (exact) mass is 762 g/mol. The number of aliphatic hydroxyl groups excluding tert-OH is 3. The van der Waals surface area contributed by atoms with E-state index < -0.39 is 59.8 Å². The zero-order valence-corrected chi connectivity index (χ0v) is 32.7. The number of allylic oxidation sites excluding steroid dienone is 6. The molecular weight excluding hydrogens is 692 g/mol. The molecule has 1 aliphatic heterocycles. The van der Waals surface area contributed by atoms with Gasteiger partial charge in [0, 0.05) is 13.0 Å². The number of unbranched alkanes of at least 4 members (excludes halogenated alkanes) is 14. The van der Waals surface area contributed by atoms with Gasteiger partial charge in [-0.05, 0) is 44.9 Å². The van der Waals surface area contributed by atoms with E-state index in [0.717, 1.165) is 70.6 Å². The van der Waals surface area contributed by atoms with Crippen molar-refractivity contribution in [2.45, 2.75) is 179 Å². The third-order valence-electron chi connectivity index (χ3n) is 8.78. The van der Waals surface area contributed by atoms with Gasteiger partial charge in [0.1, 0.15) is 30.5 Å². The van der Waals surface area contributed by atoms with Crippen LogP contribution < -0.4 is 0 Å². The third-order valence-corrected chi connectivity index (χ3v) is 9.24. The topological polar surface area (TPSA) is 178 Å². The van der Waals surface area contributed by atoms with E-state index in [1.54, 1.807) is 0 Å². The van der Waals surface area contributed by atoms with Crippen LogP contribution in [0.15, 0.2) is 36.5 Å². The van der Waals surface area contributed by atoms with Crippen molar-refractivity contribution in [2.75, 3.05) is 26.4 Å². The predicted molar refractivity (Wildman–Crippen MR) is 202 cm³/mol. The molecule has 6 atom stereocenters. The quantitative estimate of drug-likeness (QED) is 0.0232. The lowest BCUT2D eigenvalue weighted by atomic mass is 9.99. The maximum absolute atomic E-state index is 12.7. The molecule has 1 aliphatic rings. The molecule has 4 N–H and O–H groups in total. The summed E-state index contributed by atoms with van der Waals surface area (Å²) in [6.07, 6.45) is 24.8. The van der Waals surface area contributed by atoms with E-state index in [0.29, 0.717) is 13.0 Å². The summed E-state index contributed by atoms with van der Waals surface area (Å²) in [4.78, 5) is 12.7. The maximum atomic E-state index is 12.7. The second-order valence-electron chi connectivity index (χ2n) is 13.5. The molecule has 0 radical (unpaired) electrons. The zero-order chi connectivity index (χ0) is 38.3. The first-order chi connectivity index (χ1) is 25.1. The molecule has 0 saturated carbocycles. The first-order valence-electron chi connectivity index (χ1n) is 19.7. The molecule has 0 aliphatic carbocycles. The molecule has 0 aromatic heterocycles. The van der Waals surface area contributed by atoms with Crippen LogP contribution in [0.3, 0.4) is 0 Å². The van der Waals surface area contributed by atoms with Gasteiger partial charge in [-0.2, -0.15) is 8.42 Å². The lowest BCUT2D eigenvalue weighted by molar-refractivity contribution is -0.301. The van der Waals surface area contributed by atoms with Crippen molar-refractivity contribution in [3.8, 4) is 0 Å². The van der Waals surface area contributed by atoms with Gasteiger partial charge in [-0.15, -0.1) is 0 Å². The van der Waals surface area contributed by atoms with E-state index in [-0.39, 0.29) is 19.6 Å². The highest BCUT2D eigenvalue weighted by atomic mass is 32.3. The van der Waals surface area contributed by atoms with Crippen molar-refractivity contribution >= 4 is 16.4 Å². The van der Waals surface area contributed by atoms with Gasteiger partial charge in [-0.1, -0.05) is 127 Å². The first kappa shape index (κ1) is 48.3. The van der Waals surface area contributed by atoms with E-state index in [4.69, 9.17) is 23.5 Å². The average Bonchev–Trinajstić information content (AvgIpc) is 3.11. The molecule has 1 heterocycles. The zero-order valence-electron chi connectivity index (χ0n) is 31.9. The van der Waals surface area contributed by atoms with Crippen LogP contribution in [0, 0.1) is 0 Å². The number of aliphatic hydroxyl groups is 3. The largest absolute Gasteiger partial charge is 0.457 e. The van der Waals surface area contributed by atoms with Gasteiger partial charge in [0.05, 0.1) is 19.8 Å². The highest BCUT2D eigenvalue weighted by Gasteiger charge is 2.48. The summed E-state index contributed by atoms with van der Waals surface area (Å²) >= 11 is 0. The number of rotatable bonds is 33. The van der Waals surface area contributed by atoms with Crippen molar-refractivity contribution in [1.82, 2.24) is 0 Å². The van der Waals surface area contributed by atoms with Crippen LogP contribution in [-0.4, -0.2) is 97.5 Å². The Morgan fingerprint density at radius 3 is 1.94 bits per heavy atom. The lowest BCUT2D eigenvalue weighted by Crippen LogP contribution is -2.60. The van der Waals surface area contributed by atoms with Crippen molar-refractivity contribution in [3.05, 3.63) is 36.5 Å². The smallest absolute Gasteiger partial charge is 0.397 e. The molecule has 6 unspecified atom stereocenters. The highest BCUT2D eigenvalue weighted by Crippen LogP contribution is 2.26. The minimum Gasteiger partial charge on any atom is -0.457 e. The fourth-order valence-electron chi connectivity index (χ4n) is 5.80. The molecule has 0 aromatic rings. The van der Waals surface area contributed by atoms with E-state index in [1.807, 2.05) is 0 Å². The second kappa shape index (κ2) is 31.6. The summed E-state index contributed by atoms with van der Waals surface area (Å²) in [5.74, 6) is -0.411. The summed E-state index contributed by atoms with van der Waals surface area (Å²) in [6.45, 7) is 3.79. The maximum Gasteiger partial charge on any atom is 0.397 e. The van der Waals surface area contributed by atoms with Crippen LogP contribution in [0.4, 0.5) is 0 Å². The van der Waals surface area contributed by atoms with E-state index in [9.17, 15) is 28.5 Å². The number of ether oxygens (including phenoxy) is 4. The molecule has 1 fully saturated rings. The van der Waals surface area contributed by atoms with Crippen molar-refractivity contribution < 1.29 is 56.2 Å². The Morgan fingerprint density at radius 2 is 1.33 bits per heavy atom. The molecule has 304 valence electrons.